The van der Waals surface area contributed by atoms with Gasteiger partial charge in [0.15, 0.2) is 0 Å². The van der Waals surface area contributed by atoms with Crippen LogP contribution >= 0.6 is 39.6 Å². The molecule has 0 aliphatic heterocycles. The van der Waals surface area contributed by atoms with E-state index >= 15 is 0 Å². The topological polar surface area (TPSA) is 0 Å². The van der Waals surface area contributed by atoms with E-state index in [2.05, 4.69) is 0 Å². The van der Waals surface area contributed by atoms with Gasteiger partial charge in [-0.05, 0) is 0 Å². The monoisotopic (exact) mass is 194 g/mol. The Balaban J connectivity index is 0. The minimum atomic E-state index is 0. The van der Waals surface area contributed by atoms with Crippen LogP contribution in [-0.2, 0) is 16.5 Å². The van der Waals surface area contributed by atoms with E-state index < -0.39 is 0 Å². The molecule has 0 N–H and O–H groups in total. The van der Waals surface area contributed by atoms with Crippen molar-refractivity contribution < 1.29 is 16.5 Å². The summed E-state index contributed by atoms with van der Waals surface area (Å²) in [4.78, 5) is 0. The molecule has 5 heavy (non-hydrogen) atoms. The van der Waals surface area contributed by atoms with Gasteiger partial charge in [-0.15, -0.1) is 0 Å². The first-order valence-electron chi connectivity index (χ1n) is 0. The van der Waals surface area contributed by atoms with Gasteiger partial charge in [-0.3, -0.25) is 0 Å². The zero-order chi connectivity index (χ0) is 0. The Morgan fingerprint density at radius 1 is 0.400 bits per heavy atom. The Morgan fingerprint density at radius 2 is 0.400 bits per heavy atom. The van der Waals surface area contributed by atoms with Crippen LogP contribution in [0.4, 0.5) is 0 Å². The van der Waals surface area contributed by atoms with E-state index in [1.165, 1.54) is 0 Å². The first-order chi connectivity index (χ1) is 0. The molecule has 0 fully saturated rings. The molecule has 4 unspecified atom stereocenters. The van der Waals surface area contributed by atoms with Crippen molar-refractivity contribution in [2.45, 2.75) is 0 Å². The molecule has 0 rings (SSSR count). The zero-order valence-corrected chi connectivity index (χ0v) is 9.79. The molecule has 42 valence electrons. The van der Waals surface area contributed by atoms with E-state index in [0.29, 0.717) is 0 Å². The van der Waals surface area contributed by atoms with Gasteiger partial charge in [0, 0.05) is 16.5 Å². The minimum Gasteiger partial charge on any atom is -0.153 e. The molecule has 0 bridgehead atoms. The minimum absolute atomic E-state index is 0. The average molecular weight is 195 g/mol. The second-order valence-electron chi connectivity index (χ2n) is 0. The Hall–Kier alpha value is 2.21. The van der Waals surface area contributed by atoms with E-state index in [4.69, 9.17) is 0 Å². The maximum absolute atomic E-state index is 0. The van der Waals surface area contributed by atoms with Crippen molar-refractivity contribution in [1.82, 2.24) is 0 Å². The van der Waals surface area contributed by atoms with Crippen LogP contribution in [0.2, 0.25) is 0 Å². The molecule has 0 saturated heterocycles. The van der Waals surface area contributed by atoms with Crippen LogP contribution in [0.15, 0.2) is 0 Å². The zero-order valence-electron chi connectivity index (χ0n) is 3.14. The average Bonchev–Trinajstić information content (AvgIpc) is 0. The smallest absolute Gasteiger partial charge is 0 e. The van der Waals surface area contributed by atoms with Crippen molar-refractivity contribution in [2.75, 3.05) is 0 Å². The Morgan fingerprint density at radius 3 is 0.400 bits per heavy atom. The fourth-order valence-corrected chi connectivity index (χ4v) is 0. The van der Waals surface area contributed by atoms with Crippen LogP contribution in [-0.4, -0.2) is 0 Å². The molecule has 0 spiro atoms. The van der Waals surface area contributed by atoms with Crippen molar-refractivity contribution in [1.29, 1.82) is 0 Å². The first kappa shape index (κ1) is 56.8. The predicted molar refractivity (Wildman–Crippen MR) is 44.4 cm³/mol. The molecule has 0 amide bonds. The van der Waals surface area contributed by atoms with E-state index in [9.17, 15) is 0 Å². The van der Waals surface area contributed by atoms with Gasteiger partial charge < -0.3 is 0 Å². The molecular formula is H12NiP4. The standard InChI is InChI=1S/Ni.4H3P/h;4*1H3. The van der Waals surface area contributed by atoms with Gasteiger partial charge in [0.2, 0.25) is 0 Å². The molecule has 0 aromatic heterocycles. The summed E-state index contributed by atoms with van der Waals surface area (Å²) in [7, 11) is 0. The van der Waals surface area contributed by atoms with E-state index in [1.54, 1.807) is 0 Å². The van der Waals surface area contributed by atoms with Crippen LogP contribution in [0.5, 0.6) is 0 Å². The van der Waals surface area contributed by atoms with Crippen molar-refractivity contribution in [3.8, 4) is 0 Å². The maximum atomic E-state index is 0. The molecule has 0 radical (unpaired) electrons. The van der Waals surface area contributed by atoms with Crippen LogP contribution in [0.25, 0.3) is 0 Å². The summed E-state index contributed by atoms with van der Waals surface area (Å²) in [5, 5.41) is 0. The summed E-state index contributed by atoms with van der Waals surface area (Å²) in [6.45, 7) is 0. The summed E-state index contributed by atoms with van der Waals surface area (Å²) < 4.78 is 0. The molecule has 0 aromatic rings. The SMILES string of the molecule is P.P.P.P.[Ni]. The Labute approximate surface area is 56.4 Å². The van der Waals surface area contributed by atoms with Gasteiger partial charge in [0.25, 0.3) is 0 Å². The normalized spacial score (nSPS) is 0. The van der Waals surface area contributed by atoms with Gasteiger partial charge in [-0.25, -0.2) is 0 Å². The Kier molecular flexibility index (Phi) is 392. The second kappa shape index (κ2) is 34.5. The third kappa shape index (κ3) is 22.5. The third-order valence-electron chi connectivity index (χ3n) is 0. The van der Waals surface area contributed by atoms with Crippen LogP contribution in [0.3, 0.4) is 0 Å². The van der Waals surface area contributed by atoms with E-state index in [0.717, 1.165) is 0 Å². The quantitative estimate of drug-likeness (QED) is 0.383. The maximum Gasteiger partial charge on any atom is 0 e. The molecular weight excluding hydrogens is 183 g/mol. The van der Waals surface area contributed by atoms with Gasteiger partial charge in [0.1, 0.15) is 0 Å². The molecule has 0 nitrogen and oxygen atoms in total. The van der Waals surface area contributed by atoms with Crippen LogP contribution in [0.1, 0.15) is 0 Å². The van der Waals surface area contributed by atoms with Gasteiger partial charge in [-0.2, -0.15) is 39.6 Å². The number of rotatable bonds is 0. The van der Waals surface area contributed by atoms with Crippen molar-refractivity contribution in [3.63, 3.8) is 0 Å². The molecule has 0 heterocycles. The third-order valence-corrected chi connectivity index (χ3v) is 0. The summed E-state index contributed by atoms with van der Waals surface area (Å²) >= 11 is 0. The second-order valence-corrected chi connectivity index (χ2v) is 0. The number of hydrogen-bond donors (Lipinski definition) is 0. The summed E-state index contributed by atoms with van der Waals surface area (Å²) in [5.41, 5.74) is 0. The molecule has 0 aromatic carbocycles. The largest absolute Gasteiger partial charge is 0.153 e. The predicted octanol–water partition coefficient (Wildman–Crippen LogP) is 0.230. The van der Waals surface area contributed by atoms with Crippen LogP contribution in [0, 0.1) is 0 Å². The molecule has 0 aliphatic rings. The van der Waals surface area contributed by atoms with Crippen LogP contribution < -0.4 is 0 Å². The first-order valence-corrected chi connectivity index (χ1v) is 0. The van der Waals surface area contributed by atoms with Crippen molar-refractivity contribution in [3.05, 3.63) is 0 Å². The Bertz CT molecular complexity index is 3.61. The van der Waals surface area contributed by atoms with Gasteiger partial charge in [0.05, 0.1) is 0 Å². The summed E-state index contributed by atoms with van der Waals surface area (Å²) in [5.74, 6) is 0. The van der Waals surface area contributed by atoms with E-state index in [-0.39, 0.29) is 56.1 Å². The molecule has 0 saturated carbocycles. The number of hydrogen-bond acceptors (Lipinski definition) is 0. The molecule has 4 atom stereocenters. The summed E-state index contributed by atoms with van der Waals surface area (Å²) in [6, 6.07) is 0. The van der Waals surface area contributed by atoms with Crippen molar-refractivity contribution >= 4 is 39.6 Å². The van der Waals surface area contributed by atoms with Crippen molar-refractivity contribution in [2.24, 2.45) is 0 Å². The van der Waals surface area contributed by atoms with Gasteiger partial charge in [-0.1, -0.05) is 0 Å². The van der Waals surface area contributed by atoms with E-state index in [1.807, 2.05) is 0 Å². The molecule has 0 aliphatic carbocycles. The fraction of sp³-hybridized carbons (Fsp3) is 0. The van der Waals surface area contributed by atoms with Gasteiger partial charge >= 0.3 is 0 Å². The molecule has 5 heteroatoms. The summed E-state index contributed by atoms with van der Waals surface area (Å²) in [6.07, 6.45) is 0. The fourth-order valence-electron chi connectivity index (χ4n) is 0.